The Hall–Kier alpha value is -1.91. The molecule has 2 aliphatic rings. The predicted molar refractivity (Wildman–Crippen MR) is 94.5 cm³/mol. The zero-order valence-corrected chi connectivity index (χ0v) is 13.9. The van der Waals surface area contributed by atoms with Gasteiger partial charge < -0.3 is 15.4 Å². The summed E-state index contributed by atoms with van der Waals surface area (Å²) >= 11 is 0. The van der Waals surface area contributed by atoms with Crippen LogP contribution in [0.15, 0.2) is 42.5 Å². The van der Waals surface area contributed by atoms with Crippen molar-refractivity contribution < 1.29 is 9.53 Å². The van der Waals surface area contributed by atoms with E-state index in [-0.39, 0.29) is 18.1 Å². The first-order valence-electron chi connectivity index (χ1n) is 8.88. The first-order valence-corrected chi connectivity index (χ1v) is 8.88. The summed E-state index contributed by atoms with van der Waals surface area (Å²) in [7, 11) is 0. The van der Waals surface area contributed by atoms with Crippen LogP contribution in [0.2, 0.25) is 0 Å². The topological polar surface area (TPSA) is 55.6 Å². The minimum atomic E-state index is -0.306. The fraction of sp³-hybridized carbons (Fsp3) is 0.450. The van der Waals surface area contributed by atoms with Crippen molar-refractivity contribution in [1.82, 2.24) is 4.90 Å². The van der Waals surface area contributed by atoms with E-state index in [0.29, 0.717) is 19.1 Å². The maximum Gasteiger partial charge on any atom is 0.252 e. The zero-order chi connectivity index (χ0) is 16.5. The molecule has 2 atom stereocenters. The number of amides is 1. The minimum Gasteiger partial charge on any atom is -0.364 e. The Bertz CT molecular complexity index is 741. The molecule has 1 saturated heterocycles. The number of benzene rings is 2. The Labute approximate surface area is 142 Å². The Balaban J connectivity index is 1.51. The minimum absolute atomic E-state index is 0.0423. The van der Waals surface area contributed by atoms with Gasteiger partial charge in [0.15, 0.2) is 0 Å². The van der Waals surface area contributed by atoms with Gasteiger partial charge in [-0.25, -0.2) is 0 Å². The monoisotopic (exact) mass is 324 g/mol. The van der Waals surface area contributed by atoms with E-state index >= 15 is 0 Å². The summed E-state index contributed by atoms with van der Waals surface area (Å²) in [6.45, 7) is 1.17. The van der Waals surface area contributed by atoms with Crippen LogP contribution in [-0.2, 0) is 16.1 Å². The van der Waals surface area contributed by atoms with Gasteiger partial charge in [-0.2, -0.15) is 0 Å². The molecule has 2 aromatic rings. The van der Waals surface area contributed by atoms with Gasteiger partial charge in [-0.3, -0.25) is 4.79 Å². The number of carbonyl (C=O) groups is 1. The highest BCUT2D eigenvalue weighted by molar-refractivity contribution is 5.84. The molecule has 2 fully saturated rings. The van der Waals surface area contributed by atoms with Crippen molar-refractivity contribution >= 4 is 16.7 Å². The lowest BCUT2D eigenvalue weighted by atomic mass is 10.1. The van der Waals surface area contributed by atoms with Gasteiger partial charge >= 0.3 is 0 Å². The molecule has 4 heteroatoms. The quantitative estimate of drug-likeness (QED) is 0.920. The second-order valence-electron chi connectivity index (χ2n) is 6.94. The highest BCUT2D eigenvalue weighted by Gasteiger charge is 2.39. The van der Waals surface area contributed by atoms with Gasteiger partial charge in [-0.05, 0) is 48.1 Å². The molecule has 0 bridgehead atoms. The number of hydrogen-bond donors (Lipinski definition) is 1. The molecule has 1 saturated carbocycles. The van der Waals surface area contributed by atoms with Crippen LogP contribution in [0, 0.1) is 0 Å². The van der Waals surface area contributed by atoms with Gasteiger partial charge in [0, 0.05) is 19.1 Å². The number of nitrogens with zero attached hydrogens (tertiary/aromatic N) is 1. The van der Waals surface area contributed by atoms with Gasteiger partial charge in [0.05, 0.1) is 6.10 Å². The summed E-state index contributed by atoms with van der Waals surface area (Å²) in [5.41, 5.74) is 6.85. The van der Waals surface area contributed by atoms with Crippen LogP contribution < -0.4 is 5.73 Å². The highest BCUT2D eigenvalue weighted by Crippen LogP contribution is 2.32. The molecule has 0 spiro atoms. The van der Waals surface area contributed by atoms with Gasteiger partial charge in [-0.1, -0.05) is 36.4 Å². The maximum absolute atomic E-state index is 12.9. The number of rotatable bonds is 5. The molecule has 2 N–H and O–H groups in total. The largest absolute Gasteiger partial charge is 0.364 e. The third-order valence-electron chi connectivity index (χ3n) is 5.08. The van der Waals surface area contributed by atoms with Crippen LogP contribution >= 0.6 is 0 Å². The van der Waals surface area contributed by atoms with Crippen molar-refractivity contribution in [3.05, 3.63) is 48.0 Å². The van der Waals surface area contributed by atoms with E-state index in [4.69, 9.17) is 10.5 Å². The first kappa shape index (κ1) is 15.6. The fourth-order valence-electron chi connectivity index (χ4n) is 3.55. The van der Waals surface area contributed by atoms with Crippen molar-refractivity contribution in [3.63, 3.8) is 0 Å². The van der Waals surface area contributed by atoms with Crippen LogP contribution in [0.25, 0.3) is 10.8 Å². The number of ether oxygens (including phenoxy) is 1. The van der Waals surface area contributed by atoms with Gasteiger partial charge in [0.25, 0.3) is 5.91 Å². The van der Waals surface area contributed by atoms with Crippen molar-refractivity contribution in [2.45, 2.75) is 50.5 Å². The molecule has 126 valence electrons. The molecule has 4 rings (SSSR count). The van der Waals surface area contributed by atoms with Crippen molar-refractivity contribution in [2.75, 3.05) is 6.54 Å². The van der Waals surface area contributed by atoms with Gasteiger partial charge in [-0.15, -0.1) is 0 Å². The Kier molecular flexibility index (Phi) is 4.25. The Morgan fingerprint density at radius 3 is 2.58 bits per heavy atom. The molecule has 1 aliphatic carbocycles. The standard InChI is InChI=1S/C20H24N2O2/c21-12-18-9-10-19(24-18)20(23)22(17-7-8-17)13-14-5-6-15-3-1-2-4-16(15)11-14/h1-6,11,17-19H,7-10,12-13,21H2/t18-,19+/m1/s1. The summed E-state index contributed by atoms with van der Waals surface area (Å²) < 4.78 is 5.82. The molecule has 1 heterocycles. The van der Waals surface area contributed by atoms with Gasteiger partial charge in [0.2, 0.25) is 0 Å². The summed E-state index contributed by atoms with van der Waals surface area (Å²) in [5, 5.41) is 2.45. The molecule has 0 aromatic heterocycles. The third kappa shape index (κ3) is 3.17. The van der Waals surface area contributed by atoms with Crippen LogP contribution in [0.3, 0.4) is 0 Å². The molecule has 0 unspecified atom stereocenters. The third-order valence-corrected chi connectivity index (χ3v) is 5.08. The Morgan fingerprint density at radius 1 is 1.08 bits per heavy atom. The normalized spacial score (nSPS) is 23.5. The summed E-state index contributed by atoms with van der Waals surface area (Å²) in [6, 6.07) is 15.2. The average Bonchev–Trinajstić information content (AvgIpc) is 3.35. The van der Waals surface area contributed by atoms with Crippen molar-refractivity contribution in [3.8, 4) is 0 Å². The number of carbonyl (C=O) groups excluding carboxylic acids is 1. The number of fused-ring (bicyclic) bond motifs is 1. The van der Waals surface area contributed by atoms with E-state index in [2.05, 4.69) is 36.4 Å². The SMILES string of the molecule is NC[C@H]1CC[C@@H](C(=O)N(Cc2ccc3ccccc3c2)C2CC2)O1. The lowest BCUT2D eigenvalue weighted by Gasteiger charge is -2.26. The lowest BCUT2D eigenvalue weighted by molar-refractivity contribution is -0.144. The van der Waals surface area contributed by atoms with Crippen molar-refractivity contribution in [2.24, 2.45) is 5.73 Å². The molecule has 1 amide bonds. The van der Waals surface area contributed by atoms with E-state index in [1.165, 1.54) is 16.3 Å². The van der Waals surface area contributed by atoms with E-state index in [1.807, 2.05) is 11.0 Å². The smallest absolute Gasteiger partial charge is 0.252 e. The van der Waals surface area contributed by atoms with Crippen LogP contribution in [0.1, 0.15) is 31.2 Å². The summed E-state index contributed by atoms with van der Waals surface area (Å²) in [5.74, 6) is 0.140. The second-order valence-corrected chi connectivity index (χ2v) is 6.94. The van der Waals surface area contributed by atoms with Crippen molar-refractivity contribution in [1.29, 1.82) is 0 Å². The predicted octanol–water partition coefficient (Wildman–Crippen LogP) is 2.84. The molecular weight excluding hydrogens is 300 g/mol. The lowest BCUT2D eigenvalue weighted by Crippen LogP contribution is -2.40. The summed E-state index contributed by atoms with van der Waals surface area (Å²) in [6.07, 6.45) is 3.63. The maximum atomic E-state index is 12.9. The van der Waals surface area contributed by atoms with E-state index in [1.54, 1.807) is 0 Å². The Morgan fingerprint density at radius 2 is 1.88 bits per heavy atom. The first-order chi connectivity index (χ1) is 11.7. The zero-order valence-electron chi connectivity index (χ0n) is 13.9. The van der Waals surface area contributed by atoms with Crippen LogP contribution in [-0.4, -0.2) is 35.6 Å². The van der Waals surface area contributed by atoms with Gasteiger partial charge in [0.1, 0.15) is 6.10 Å². The highest BCUT2D eigenvalue weighted by atomic mass is 16.5. The molecule has 2 aromatic carbocycles. The van der Waals surface area contributed by atoms with E-state index in [0.717, 1.165) is 25.7 Å². The molecular formula is C20H24N2O2. The number of hydrogen-bond acceptors (Lipinski definition) is 3. The average molecular weight is 324 g/mol. The van der Waals surface area contributed by atoms with Crippen LogP contribution in [0.5, 0.6) is 0 Å². The molecule has 24 heavy (non-hydrogen) atoms. The molecule has 1 aliphatic heterocycles. The second kappa shape index (κ2) is 6.54. The molecule has 4 nitrogen and oxygen atoms in total. The van der Waals surface area contributed by atoms with E-state index < -0.39 is 0 Å². The fourth-order valence-corrected chi connectivity index (χ4v) is 3.55. The van der Waals surface area contributed by atoms with E-state index in [9.17, 15) is 4.79 Å². The summed E-state index contributed by atoms with van der Waals surface area (Å²) in [4.78, 5) is 14.9. The molecule has 0 radical (unpaired) electrons. The number of nitrogens with two attached hydrogens (primary N) is 1. The van der Waals surface area contributed by atoms with Crippen LogP contribution in [0.4, 0.5) is 0 Å².